The molecule has 0 N–H and O–H groups in total. The second-order valence-electron chi connectivity index (χ2n) is 16.7. The zero-order valence-electron chi connectivity index (χ0n) is 40.8. The Hall–Kier alpha value is -3.67. The van der Waals surface area contributed by atoms with Crippen molar-refractivity contribution in [3.05, 3.63) is 97.2 Å². The second-order valence-corrected chi connectivity index (χ2v) is 16.7. The minimum atomic E-state index is -0.786. The highest BCUT2D eigenvalue weighted by molar-refractivity contribution is 5.71. The van der Waals surface area contributed by atoms with Crippen molar-refractivity contribution < 1.29 is 28.6 Å². The van der Waals surface area contributed by atoms with E-state index in [0.717, 1.165) is 135 Å². The van der Waals surface area contributed by atoms with Crippen LogP contribution in [0.25, 0.3) is 0 Å². The number of esters is 3. The standard InChI is InChI=1S/C57H94O6/c1-4-7-10-13-16-18-20-22-23-24-25-26-27-28-29-30-31-32-33-34-35-36-38-39-41-44-47-50-56(59)62-53-54(52-61-55(58)49-46-43-15-12-9-6-3)63-57(60)51-48-45-42-40-37-21-19-17-14-11-8-5-2/h7,10,16-19,22-23,25-26,28-29,31-32,34-35,54H,4-6,8-9,11-15,20-21,24,27,30,33,36-53H2,1-3H3/b10-7-,18-16-,19-17-,23-22-,26-25-,29-28-,32-31-,35-34-. The third-order valence-corrected chi connectivity index (χ3v) is 10.6. The average molecular weight is 875 g/mol. The molecule has 1 atom stereocenters. The van der Waals surface area contributed by atoms with Crippen LogP contribution in [0.15, 0.2) is 97.2 Å². The normalized spacial score (nSPS) is 12.9. The first-order valence-electron chi connectivity index (χ1n) is 25.7. The molecule has 0 bridgehead atoms. The molecule has 0 aromatic rings. The lowest BCUT2D eigenvalue weighted by Gasteiger charge is -2.18. The summed E-state index contributed by atoms with van der Waals surface area (Å²) < 4.78 is 16.6. The van der Waals surface area contributed by atoms with Crippen LogP contribution >= 0.6 is 0 Å². The van der Waals surface area contributed by atoms with E-state index in [9.17, 15) is 14.4 Å². The lowest BCUT2D eigenvalue weighted by Crippen LogP contribution is -2.30. The van der Waals surface area contributed by atoms with Gasteiger partial charge in [-0.25, -0.2) is 0 Å². The Bertz CT molecular complexity index is 1280. The molecular weight excluding hydrogens is 781 g/mol. The van der Waals surface area contributed by atoms with Crippen molar-refractivity contribution in [2.24, 2.45) is 0 Å². The molecule has 6 nitrogen and oxygen atoms in total. The quantitative estimate of drug-likeness (QED) is 0.0262. The summed E-state index contributed by atoms with van der Waals surface area (Å²) in [5, 5.41) is 0. The Morgan fingerprint density at radius 1 is 0.333 bits per heavy atom. The fraction of sp³-hybridized carbons (Fsp3) is 0.667. The minimum Gasteiger partial charge on any atom is -0.462 e. The van der Waals surface area contributed by atoms with Crippen molar-refractivity contribution in [2.75, 3.05) is 13.2 Å². The van der Waals surface area contributed by atoms with Crippen molar-refractivity contribution >= 4 is 17.9 Å². The third kappa shape index (κ3) is 49.2. The molecule has 0 rings (SSSR count). The summed E-state index contributed by atoms with van der Waals surface area (Å²) >= 11 is 0. The maximum Gasteiger partial charge on any atom is 0.306 e. The summed E-state index contributed by atoms with van der Waals surface area (Å²) in [6, 6.07) is 0. The van der Waals surface area contributed by atoms with E-state index in [1.807, 2.05) is 0 Å². The fourth-order valence-electron chi connectivity index (χ4n) is 6.71. The summed E-state index contributed by atoms with van der Waals surface area (Å²) in [4.78, 5) is 37.7. The number of unbranched alkanes of at least 4 members (excludes halogenated alkanes) is 18. The first kappa shape index (κ1) is 59.3. The predicted molar refractivity (Wildman–Crippen MR) is 270 cm³/mol. The van der Waals surface area contributed by atoms with Crippen LogP contribution in [-0.2, 0) is 28.6 Å². The van der Waals surface area contributed by atoms with Gasteiger partial charge in [0.1, 0.15) is 13.2 Å². The summed E-state index contributed by atoms with van der Waals surface area (Å²) in [7, 11) is 0. The van der Waals surface area contributed by atoms with E-state index in [2.05, 4.69) is 118 Å². The molecule has 0 spiro atoms. The van der Waals surface area contributed by atoms with Crippen molar-refractivity contribution in [1.82, 2.24) is 0 Å². The van der Waals surface area contributed by atoms with Gasteiger partial charge < -0.3 is 14.2 Å². The van der Waals surface area contributed by atoms with E-state index in [-0.39, 0.29) is 31.1 Å². The number of ether oxygens (including phenoxy) is 3. The van der Waals surface area contributed by atoms with Gasteiger partial charge in [0.05, 0.1) is 0 Å². The van der Waals surface area contributed by atoms with Crippen LogP contribution in [0.2, 0.25) is 0 Å². The number of hydrogen-bond acceptors (Lipinski definition) is 6. The molecule has 0 aromatic carbocycles. The Kier molecular flexibility index (Phi) is 48.0. The first-order chi connectivity index (χ1) is 31.0. The van der Waals surface area contributed by atoms with E-state index >= 15 is 0 Å². The second kappa shape index (κ2) is 51.0. The van der Waals surface area contributed by atoms with E-state index in [4.69, 9.17) is 14.2 Å². The number of rotatable bonds is 45. The molecule has 0 radical (unpaired) electrons. The number of allylic oxidation sites excluding steroid dienone is 16. The van der Waals surface area contributed by atoms with Gasteiger partial charge in [-0.1, -0.05) is 201 Å². The molecule has 0 saturated heterocycles. The summed E-state index contributed by atoms with van der Waals surface area (Å²) in [5.74, 6) is -0.932. The van der Waals surface area contributed by atoms with Gasteiger partial charge in [0.15, 0.2) is 6.10 Å². The Morgan fingerprint density at radius 3 is 1.02 bits per heavy atom. The Morgan fingerprint density at radius 2 is 0.619 bits per heavy atom. The van der Waals surface area contributed by atoms with Crippen molar-refractivity contribution in [2.45, 2.75) is 232 Å². The zero-order chi connectivity index (χ0) is 45.8. The third-order valence-electron chi connectivity index (χ3n) is 10.6. The van der Waals surface area contributed by atoms with Crippen LogP contribution in [0.3, 0.4) is 0 Å². The van der Waals surface area contributed by atoms with Gasteiger partial charge in [-0.05, 0) is 103 Å². The van der Waals surface area contributed by atoms with Gasteiger partial charge >= 0.3 is 17.9 Å². The highest BCUT2D eigenvalue weighted by Crippen LogP contribution is 2.13. The first-order valence-corrected chi connectivity index (χ1v) is 25.7. The molecule has 0 aliphatic carbocycles. The molecule has 0 aromatic heterocycles. The highest BCUT2D eigenvalue weighted by Gasteiger charge is 2.19. The van der Waals surface area contributed by atoms with Crippen LogP contribution in [0.5, 0.6) is 0 Å². The molecule has 6 heteroatoms. The smallest absolute Gasteiger partial charge is 0.306 e. The molecule has 0 aliphatic rings. The summed E-state index contributed by atoms with van der Waals surface area (Å²) in [6.07, 6.45) is 67.1. The van der Waals surface area contributed by atoms with E-state index in [0.29, 0.717) is 19.3 Å². The largest absolute Gasteiger partial charge is 0.462 e. The van der Waals surface area contributed by atoms with E-state index in [1.165, 1.54) is 51.4 Å². The SMILES string of the molecule is CC/C=C\C/C=C\C/C=C\C/C=C\C/C=C\C/C=C\C/C=C\CCCCCCCC(=O)OCC(COC(=O)CCCCCCCC)OC(=O)CCCCCCC/C=C\CCCCC. The molecule has 0 saturated carbocycles. The van der Waals surface area contributed by atoms with Gasteiger partial charge in [-0.2, -0.15) is 0 Å². The number of carbonyl (C=O) groups excluding carboxylic acids is 3. The van der Waals surface area contributed by atoms with E-state index in [1.54, 1.807) is 0 Å². The van der Waals surface area contributed by atoms with Crippen LogP contribution in [0, 0.1) is 0 Å². The van der Waals surface area contributed by atoms with Crippen LogP contribution in [0.1, 0.15) is 226 Å². The Labute approximate surface area is 387 Å². The average Bonchev–Trinajstić information content (AvgIpc) is 3.28. The van der Waals surface area contributed by atoms with Gasteiger partial charge in [0.2, 0.25) is 0 Å². The fourth-order valence-corrected chi connectivity index (χ4v) is 6.71. The highest BCUT2D eigenvalue weighted by atomic mass is 16.6. The van der Waals surface area contributed by atoms with Crippen LogP contribution in [0.4, 0.5) is 0 Å². The van der Waals surface area contributed by atoms with Crippen molar-refractivity contribution in [3.63, 3.8) is 0 Å². The zero-order valence-corrected chi connectivity index (χ0v) is 40.8. The maximum atomic E-state index is 12.7. The number of hydrogen-bond donors (Lipinski definition) is 0. The molecule has 358 valence electrons. The van der Waals surface area contributed by atoms with Gasteiger partial charge in [0, 0.05) is 19.3 Å². The predicted octanol–water partition coefficient (Wildman–Crippen LogP) is 17.0. The van der Waals surface area contributed by atoms with Crippen molar-refractivity contribution in [1.29, 1.82) is 0 Å². The summed E-state index contributed by atoms with van der Waals surface area (Å²) in [5.41, 5.74) is 0. The van der Waals surface area contributed by atoms with Crippen LogP contribution in [-0.4, -0.2) is 37.2 Å². The molecule has 63 heavy (non-hydrogen) atoms. The van der Waals surface area contributed by atoms with E-state index < -0.39 is 6.10 Å². The molecule has 1 unspecified atom stereocenters. The van der Waals surface area contributed by atoms with Crippen LogP contribution < -0.4 is 0 Å². The lowest BCUT2D eigenvalue weighted by atomic mass is 10.1. The van der Waals surface area contributed by atoms with Gasteiger partial charge in [-0.3, -0.25) is 14.4 Å². The molecular formula is C57H94O6. The minimum absolute atomic E-state index is 0.0878. The lowest BCUT2D eigenvalue weighted by molar-refractivity contribution is -0.167. The summed E-state index contributed by atoms with van der Waals surface area (Å²) in [6.45, 7) is 6.40. The Balaban J connectivity index is 4.21. The molecule has 0 fully saturated rings. The molecule has 0 heterocycles. The topological polar surface area (TPSA) is 78.9 Å². The monoisotopic (exact) mass is 875 g/mol. The van der Waals surface area contributed by atoms with Crippen molar-refractivity contribution in [3.8, 4) is 0 Å². The maximum absolute atomic E-state index is 12.7. The molecule has 0 amide bonds. The molecule has 0 aliphatic heterocycles. The van der Waals surface area contributed by atoms with Gasteiger partial charge in [-0.15, -0.1) is 0 Å². The van der Waals surface area contributed by atoms with Gasteiger partial charge in [0.25, 0.3) is 0 Å². The number of carbonyl (C=O) groups is 3.